The third-order valence-electron chi connectivity index (χ3n) is 4.79. The highest BCUT2D eigenvalue weighted by molar-refractivity contribution is 5.96. The Morgan fingerprint density at radius 2 is 1.75 bits per heavy atom. The summed E-state index contributed by atoms with van der Waals surface area (Å²) in [4.78, 5) is 27.1. The number of nitrogens with one attached hydrogen (secondary N) is 4. The van der Waals surface area contributed by atoms with Gasteiger partial charge in [-0.3, -0.25) is 10.1 Å². The van der Waals surface area contributed by atoms with Gasteiger partial charge in [-0.25, -0.2) is 4.79 Å². The van der Waals surface area contributed by atoms with Gasteiger partial charge < -0.3 is 15.6 Å². The summed E-state index contributed by atoms with van der Waals surface area (Å²) in [6.07, 6.45) is 2.03. The second-order valence-electron chi connectivity index (χ2n) is 6.73. The first-order valence-electron chi connectivity index (χ1n) is 9.53. The number of carbonyl (C=O) groups excluding carboxylic acids is 2. The quantitative estimate of drug-likeness (QED) is 0.509. The monoisotopic (exact) mass is 378 g/mol. The van der Waals surface area contributed by atoms with Gasteiger partial charge in [0.1, 0.15) is 0 Å². The standard InChI is InChI=1S/C22H26N4O2/c1-3-23-22(28)26-21(27)15(2)24-13-18(16-9-5-4-6-10-16)19-14-25-20-12-8-7-11-17(19)20/h4-12,14-15,18,24-25H,3,13H2,1-2H3,(H2,23,26,27,28)/t15-,18-/m1/s1. The van der Waals surface area contributed by atoms with Crippen LogP contribution < -0.4 is 16.0 Å². The molecule has 0 aliphatic heterocycles. The molecule has 0 spiro atoms. The number of aromatic amines is 1. The van der Waals surface area contributed by atoms with Crippen LogP contribution >= 0.6 is 0 Å². The van der Waals surface area contributed by atoms with Crippen LogP contribution in [0.25, 0.3) is 10.9 Å². The van der Waals surface area contributed by atoms with Crippen molar-refractivity contribution in [3.63, 3.8) is 0 Å². The second-order valence-corrected chi connectivity index (χ2v) is 6.73. The van der Waals surface area contributed by atoms with Crippen molar-refractivity contribution in [2.24, 2.45) is 0 Å². The summed E-state index contributed by atoms with van der Waals surface area (Å²) in [5.74, 6) is -0.284. The lowest BCUT2D eigenvalue weighted by molar-refractivity contribution is -0.121. The van der Waals surface area contributed by atoms with Crippen molar-refractivity contribution in [2.45, 2.75) is 25.8 Å². The molecule has 0 fully saturated rings. The van der Waals surface area contributed by atoms with Gasteiger partial charge in [-0.2, -0.15) is 0 Å². The highest BCUT2D eigenvalue weighted by Gasteiger charge is 2.21. The van der Waals surface area contributed by atoms with Crippen LogP contribution in [0.3, 0.4) is 0 Å². The first-order valence-corrected chi connectivity index (χ1v) is 9.53. The number of imide groups is 1. The van der Waals surface area contributed by atoms with Crippen molar-refractivity contribution in [3.05, 3.63) is 71.9 Å². The van der Waals surface area contributed by atoms with E-state index in [1.54, 1.807) is 13.8 Å². The predicted molar refractivity (Wildman–Crippen MR) is 111 cm³/mol. The lowest BCUT2D eigenvalue weighted by atomic mass is 9.90. The number of H-pyrrole nitrogens is 1. The SMILES string of the molecule is CCNC(=O)NC(=O)[C@@H](C)NC[C@H](c1ccccc1)c1c[nH]c2ccccc12. The Kier molecular flexibility index (Phi) is 6.45. The van der Waals surface area contributed by atoms with Crippen LogP contribution in [0.15, 0.2) is 60.8 Å². The molecule has 28 heavy (non-hydrogen) atoms. The van der Waals surface area contributed by atoms with E-state index in [4.69, 9.17) is 0 Å². The van der Waals surface area contributed by atoms with Crippen molar-refractivity contribution in [1.82, 2.24) is 20.9 Å². The molecule has 146 valence electrons. The molecule has 2 atom stereocenters. The maximum atomic E-state index is 12.2. The summed E-state index contributed by atoms with van der Waals surface area (Å²) in [6.45, 7) is 4.59. The van der Waals surface area contributed by atoms with E-state index in [1.807, 2.05) is 36.5 Å². The predicted octanol–water partition coefficient (Wildman–Crippen LogP) is 3.12. The van der Waals surface area contributed by atoms with Crippen molar-refractivity contribution in [2.75, 3.05) is 13.1 Å². The van der Waals surface area contributed by atoms with Crippen LogP contribution in [0.4, 0.5) is 4.79 Å². The summed E-state index contributed by atoms with van der Waals surface area (Å²) < 4.78 is 0. The summed E-state index contributed by atoms with van der Waals surface area (Å²) >= 11 is 0. The summed E-state index contributed by atoms with van der Waals surface area (Å²) in [7, 11) is 0. The van der Waals surface area contributed by atoms with Gasteiger partial charge in [0.25, 0.3) is 0 Å². The van der Waals surface area contributed by atoms with E-state index < -0.39 is 12.1 Å². The van der Waals surface area contributed by atoms with Gasteiger partial charge in [0, 0.05) is 36.1 Å². The molecule has 0 unspecified atom stereocenters. The maximum absolute atomic E-state index is 12.2. The van der Waals surface area contributed by atoms with Crippen LogP contribution in [0.1, 0.15) is 30.9 Å². The van der Waals surface area contributed by atoms with Gasteiger partial charge in [0.15, 0.2) is 0 Å². The Balaban J connectivity index is 1.78. The molecular formula is C22H26N4O2. The fourth-order valence-electron chi connectivity index (χ4n) is 3.29. The lowest BCUT2D eigenvalue weighted by Crippen LogP contribution is -2.48. The van der Waals surface area contributed by atoms with Crippen molar-refractivity contribution < 1.29 is 9.59 Å². The van der Waals surface area contributed by atoms with Crippen LogP contribution in [0.5, 0.6) is 0 Å². The minimum absolute atomic E-state index is 0.0667. The first kappa shape index (κ1) is 19.6. The normalized spacial score (nSPS) is 13.1. The van der Waals surface area contributed by atoms with Gasteiger partial charge in [0.2, 0.25) is 5.91 Å². The van der Waals surface area contributed by atoms with Crippen molar-refractivity contribution >= 4 is 22.8 Å². The average Bonchev–Trinajstić information content (AvgIpc) is 3.13. The van der Waals surface area contributed by atoms with E-state index in [-0.39, 0.29) is 11.8 Å². The molecular weight excluding hydrogens is 352 g/mol. The molecule has 3 rings (SSSR count). The number of rotatable bonds is 7. The largest absolute Gasteiger partial charge is 0.361 e. The van der Waals surface area contributed by atoms with Gasteiger partial charge in [-0.1, -0.05) is 48.5 Å². The Bertz CT molecular complexity index is 936. The zero-order valence-electron chi connectivity index (χ0n) is 16.2. The first-order chi connectivity index (χ1) is 13.6. The van der Waals surface area contributed by atoms with Gasteiger partial charge >= 0.3 is 6.03 Å². The summed E-state index contributed by atoms with van der Waals surface area (Å²) in [5.41, 5.74) is 3.42. The van der Waals surface area contributed by atoms with E-state index in [2.05, 4.69) is 45.2 Å². The zero-order valence-corrected chi connectivity index (χ0v) is 16.2. The van der Waals surface area contributed by atoms with E-state index in [9.17, 15) is 9.59 Å². The Hall–Kier alpha value is -3.12. The fourth-order valence-corrected chi connectivity index (χ4v) is 3.29. The number of fused-ring (bicyclic) bond motifs is 1. The molecule has 0 saturated carbocycles. The van der Waals surface area contributed by atoms with Crippen LogP contribution in [0.2, 0.25) is 0 Å². The van der Waals surface area contributed by atoms with Crippen molar-refractivity contribution in [3.8, 4) is 0 Å². The summed E-state index contributed by atoms with van der Waals surface area (Å²) in [5, 5.41) is 9.35. The molecule has 6 heteroatoms. The number of para-hydroxylation sites is 1. The minimum Gasteiger partial charge on any atom is -0.361 e. The molecule has 3 amide bonds. The molecule has 1 aromatic heterocycles. The number of benzene rings is 2. The molecule has 3 aromatic rings. The van der Waals surface area contributed by atoms with Gasteiger partial charge in [-0.05, 0) is 31.0 Å². The van der Waals surface area contributed by atoms with Gasteiger partial charge in [0.05, 0.1) is 6.04 Å². The fraction of sp³-hybridized carbons (Fsp3) is 0.273. The second kappa shape index (κ2) is 9.19. The number of hydrogen-bond acceptors (Lipinski definition) is 3. The molecule has 0 bridgehead atoms. The number of amides is 3. The smallest absolute Gasteiger partial charge is 0.321 e. The molecule has 6 nitrogen and oxygen atoms in total. The zero-order chi connectivity index (χ0) is 19.9. The Morgan fingerprint density at radius 3 is 2.50 bits per heavy atom. The van der Waals surface area contributed by atoms with Crippen LogP contribution in [0, 0.1) is 0 Å². The number of urea groups is 1. The van der Waals surface area contributed by atoms with E-state index >= 15 is 0 Å². The average molecular weight is 378 g/mol. The van der Waals surface area contributed by atoms with E-state index in [0.29, 0.717) is 13.1 Å². The minimum atomic E-state index is -0.501. The Labute approximate surface area is 164 Å². The topological polar surface area (TPSA) is 86.0 Å². The lowest BCUT2D eigenvalue weighted by Gasteiger charge is -2.21. The molecule has 0 aliphatic rings. The van der Waals surface area contributed by atoms with Crippen LogP contribution in [-0.4, -0.2) is 36.1 Å². The molecule has 0 radical (unpaired) electrons. The maximum Gasteiger partial charge on any atom is 0.321 e. The molecule has 2 aromatic carbocycles. The van der Waals surface area contributed by atoms with E-state index in [1.165, 1.54) is 5.56 Å². The molecule has 4 N–H and O–H groups in total. The molecule has 0 aliphatic carbocycles. The molecule has 1 heterocycles. The highest BCUT2D eigenvalue weighted by atomic mass is 16.2. The number of carbonyl (C=O) groups is 2. The summed E-state index contributed by atoms with van der Waals surface area (Å²) in [6, 6.07) is 17.4. The third-order valence-corrected chi connectivity index (χ3v) is 4.79. The number of aromatic nitrogens is 1. The van der Waals surface area contributed by atoms with Crippen LogP contribution in [-0.2, 0) is 4.79 Å². The highest BCUT2D eigenvalue weighted by Crippen LogP contribution is 2.30. The Morgan fingerprint density at radius 1 is 1.04 bits per heavy atom. The van der Waals surface area contributed by atoms with E-state index in [0.717, 1.165) is 16.5 Å². The number of hydrogen-bond donors (Lipinski definition) is 4. The molecule has 0 saturated heterocycles. The van der Waals surface area contributed by atoms with Gasteiger partial charge in [-0.15, -0.1) is 0 Å². The van der Waals surface area contributed by atoms with Crippen molar-refractivity contribution in [1.29, 1.82) is 0 Å². The third kappa shape index (κ3) is 4.58.